The molecule has 104 valence electrons. The molecule has 0 aliphatic heterocycles. The number of hydrogen-bond donors (Lipinski definition) is 0. The second kappa shape index (κ2) is 5.93. The molecule has 0 atom stereocenters. The number of rotatable bonds is 3. The third-order valence-corrected chi connectivity index (χ3v) is 4.36. The normalized spacial score (nSPS) is 11.3. The minimum atomic E-state index is -1.03. The van der Waals surface area contributed by atoms with E-state index in [0.717, 1.165) is 16.7 Å². The summed E-state index contributed by atoms with van der Waals surface area (Å²) in [5.74, 6) is 0. The van der Waals surface area contributed by atoms with Gasteiger partial charge in [0.05, 0.1) is 0 Å². The Bertz CT molecular complexity index is 702. The molecule has 0 heterocycles. The molecule has 0 fully saturated rings. The van der Waals surface area contributed by atoms with E-state index in [9.17, 15) is 0 Å². The van der Waals surface area contributed by atoms with Crippen molar-refractivity contribution < 1.29 is 0 Å². The third-order valence-electron chi connectivity index (χ3n) is 3.49. The van der Waals surface area contributed by atoms with Crippen LogP contribution in [0.5, 0.6) is 0 Å². The van der Waals surface area contributed by atoms with Crippen molar-refractivity contribution in [2.24, 2.45) is 0 Å². The zero-order valence-corrected chi connectivity index (χ0v) is 12.9. The lowest BCUT2D eigenvalue weighted by Crippen LogP contribution is -2.11. The van der Waals surface area contributed by atoms with Crippen molar-refractivity contribution in [1.29, 1.82) is 0 Å². The van der Waals surface area contributed by atoms with Crippen molar-refractivity contribution in [3.8, 4) is 11.1 Å². The van der Waals surface area contributed by atoms with E-state index in [2.05, 4.69) is 12.1 Å². The van der Waals surface area contributed by atoms with Crippen molar-refractivity contribution in [1.82, 2.24) is 0 Å². The lowest BCUT2D eigenvalue weighted by atomic mass is 9.99. The van der Waals surface area contributed by atoms with Gasteiger partial charge in [0.15, 0.2) is 4.33 Å². The van der Waals surface area contributed by atoms with Crippen LogP contribution >= 0.6 is 23.2 Å². The van der Waals surface area contributed by atoms with Gasteiger partial charge >= 0.3 is 0 Å². The van der Waals surface area contributed by atoms with Gasteiger partial charge in [-0.05, 0) is 22.3 Å². The molecular formula is C19H14Cl2. The summed E-state index contributed by atoms with van der Waals surface area (Å²) in [4.78, 5) is 0. The predicted molar refractivity (Wildman–Crippen MR) is 90.8 cm³/mol. The minimum absolute atomic E-state index is 0.872. The summed E-state index contributed by atoms with van der Waals surface area (Å²) in [5.41, 5.74) is 4.08. The van der Waals surface area contributed by atoms with Crippen LogP contribution in [0.15, 0.2) is 84.9 Å². The SMILES string of the molecule is ClC(Cl)(c1ccccc1)c1ccc(-c2ccccc2)cc1. The van der Waals surface area contributed by atoms with Gasteiger partial charge in [-0.1, -0.05) is 108 Å². The first-order valence-corrected chi connectivity index (χ1v) is 7.53. The maximum Gasteiger partial charge on any atom is 0.168 e. The monoisotopic (exact) mass is 312 g/mol. The summed E-state index contributed by atoms with van der Waals surface area (Å²) in [7, 11) is 0. The molecule has 0 amide bonds. The summed E-state index contributed by atoms with van der Waals surface area (Å²) in [6, 6.07) is 28.0. The van der Waals surface area contributed by atoms with Gasteiger partial charge in [-0.25, -0.2) is 0 Å². The van der Waals surface area contributed by atoms with Gasteiger partial charge in [0, 0.05) is 0 Å². The maximum absolute atomic E-state index is 6.55. The first kappa shape index (κ1) is 14.2. The summed E-state index contributed by atoms with van der Waals surface area (Å²) in [5, 5.41) is 0. The van der Waals surface area contributed by atoms with Gasteiger partial charge < -0.3 is 0 Å². The third kappa shape index (κ3) is 2.97. The average Bonchev–Trinajstić information content (AvgIpc) is 2.57. The second-order valence-electron chi connectivity index (χ2n) is 4.88. The molecule has 0 aliphatic carbocycles. The van der Waals surface area contributed by atoms with Crippen LogP contribution in [-0.4, -0.2) is 0 Å². The quantitative estimate of drug-likeness (QED) is 0.518. The second-order valence-corrected chi connectivity index (χ2v) is 6.21. The molecule has 21 heavy (non-hydrogen) atoms. The van der Waals surface area contributed by atoms with Crippen LogP contribution in [0.25, 0.3) is 11.1 Å². The zero-order chi connectivity index (χ0) is 14.7. The zero-order valence-electron chi connectivity index (χ0n) is 11.3. The topological polar surface area (TPSA) is 0 Å². The molecule has 3 aromatic rings. The lowest BCUT2D eigenvalue weighted by molar-refractivity contribution is 1.04. The Morgan fingerprint density at radius 2 is 0.905 bits per heavy atom. The molecule has 0 unspecified atom stereocenters. The Morgan fingerprint density at radius 1 is 0.476 bits per heavy atom. The molecule has 0 aromatic heterocycles. The van der Waals surface area contributed by atoms with Crippen molar-refractivity contribution in [3.63, 3.8) is 0 Å². The fourth-order valence-corrected chi connectivity index (χ4v) is 2.82. The van der Waals surface area contributed by atoms with Crippen LogP contribution in [0, 0.1) is 0 Å². The Hall–Kier alpha value is -1.76. The molecule has 2 heteroatoms. The summed E-state index contributed by atoms with van der Waals surface area (Å²) in [6.07, 6.45) is 0. The van der Waals surface area contributed by atoms with Crippen LogP contribution in [0.1, 0.15) is 11.1 Å². The molecule has 0 N–H and O–H groups in total. The molecule has 0 radical (unpaired) electrons. The first-order chi connectivity index (χ1) is 10.2. The molecule has 0 bridgehead atoms. The molecular weight excluding hydrogens is 299 g/mol. The highest BCUT2D eigenvalue weighted by Gasteiger charge is 2.28. The van der Waals surface area contributed by atoms with E-state index in [1.807, 2.05) is 72.8 Å². The molecule has 0 spiro atoms. The lowest BCUT2D eigenvalue weighted by Gasteiger charge is -2.21. The Kier molecular flexibility index (Phi) is 4.01. The van der Waals surface area contributed by atoms with Crippen LogP contribution in [-0.2, 0) is 4.33 Å². The Labute approximate surface area is 135 Å². The number of alkyl halides is 2. The van der Waals surface area contributed by atoms with Crippen molar-refractivity contribution in [2.45, 2.75) is 4.33 Å². The van der Waals surface area contributed by atoms with E-state index in [1.54, 1.807) is 0 Å². The van der Waals surface area contributed by atoms with E-state index in [4.69, 9.17) is 23.2 Å². The largest absolute Gasteiger partial charge is 0.168 e. The molecule has 0 aliphatic rings. The van der Waals surface area contributed by atoms with E-state index >= 15 is 0 Å². The first-order valence-electron chi connectivity index (χ1n) is 6.77. The van der Waals surface area contributed by atoms with Gasteiger partial charge in [-0.3, -0.25) is 0 Å². The van der Waals surface area contributed by atoms with Gasteiger partial charge in [0.2, 0.25) is 0 Å². The van der Waals surface area contributed by atoms with Gasteiger partial charge in [0.1, 0.15) is 0 Å². The molecule has 0 saturated heterocycles. The summed E-state index contributed by atoms with van der Waals surface area (Å²) in [6.45, 7) is 0. The average molecular weight is 313 g/mol. The highest BCUT2D eigenvalue weighted by Crippen LogP contribution is 2.41. The van der Waals surface area contributed by atoms with Crippen molar-refractivity contribution in [2.75, 3.05) is 0 Å². The summed E-state index contributed by atoms with van der Waals surface area (Å²) < 4.78 is -1.03. The maximum atomic E-state index is 6.55. The van der Waals surface area contributed by atoms with E-state index in [-0.39, 0.29) is 0 Å². The standard InChI is InChI=1S/C19H14Cl2/c20-19(21,17-9-5-2-6-10-17)18-13-11-16(12-14-18)15-7-3-1-4-8-15/h1-14H. The van der Waals surface area contributed by atoms with E-state index in [1.165, 1.54) is 5.56 Å². The van der Waals surface area contributed by atoms with Crippen molar-refractivity contribution >= 4 is 23.2 Å². The van der Waals surface area contributed by atoms with Gasteiger partial charge in [0.25, 0.3) is 0 Å². The molecule has 3 rings (SSSR count). The fraction of sp³-hybridized carbons (Fsp3) is 0.0526. The number of benzene rings is 3. The van der Waals surface area contributed by atoms with Crippen LogP contribution in [0.4, 0.5) is 0 Å². The van der Waals surface area contributed by atoms with Gasteiger partial charge in [-0.2, -0.15) is 0 Å². The molecule has 0 saturated carbocycles. The van der Waals surface area contributed by atoms with Gasteiger partial charge in [-0.15, -0.1) is 0 Å². The molecule has 3 aromatic carbocycles. The summed E-state index contributed by atoms with van der Waals surface area (Å²) >= 11 is 13.1. The van der Waals surface area contributed by atoms with E-state index < -0.39 is 4.33 Å². The smallest absolute Gasteiger partial charge is 0.0909 e. The van der Waals surface area contributed by atoms with E-state index in [0.29, 0.717) is 0 Å². The van der Waals surface area contributed by atoms with Crippen LogP contribution in [0.3, 0.4) is 0 Å². The Morgan fingerprint density at radius 3 is 1.48 bits per heavy atom. The number of hydrogen-bond acceptors (Lipinski definition) is 0. The Balaban J connectivity index is 1.94. The van der Waals surface area contributed by atoms with Crippen LogP contribution < -0.4 is 0 Å². The highest BCUT2D eigenvalue weighted by molar-refractivity contribution is 6.50. The fourth-order valence-electron chi connectivity index (χ4n) is 2.32. The minimum Gasteiger partial charge on any atom is -0.0909 e. The highest BCUT2D eigenvalue weighted by atomic mass is 35.5. The number of halogens is 2. The molecule has 0 nitrogen and oxygen atoms in total. The van der Waals surface area contributed by atoms with Crippen LogP contribution in [0.2, 0.25) is 0 Å². The predicted octanol–water partition coefficient (Wildman–Crippen LogP) is 6.03. The van der Waals surface area contributed by atoms with Crippen molar-refractivity contribution in [3.05, 3.63) is 96.1 Å².